The van der Waals surface area contributed by atoms with Gasteiger partial charge in [0.1, 0.15) is 0 Å². The molecule has 0 saturated carbocycles. The molecule has 2 N–H and O–H groups in total. The third-order valence-corrected chi connectivity index (χ3v) is 7.71. The zero-order chi connectivity index (χ0) is 19.6. The monoisotopic (exact) mass is 486 g/mol. The fraction of sp³-hybridized carbons (Fsp3) is 0.524. The van der Waals surface area contributed by atoms with E-state index in [2.05, 4.69) is 48.0 Å². The van der Waals surface area contributed by atoms with Crippen LogP contribution in [0.4, 0.5) is 11.6 Å². The van der Waals surface area contributed by atoms with Gasteiger partial charge in [0, 0.05) is 34.7 Å². The molecule has 2 saturated heterocycles. The molecule has 0 atom stereocenters. The Hall–Kier alpha value is -0.464. The Labute approximate surface area is 235 Å². The Bertz CT molecular complexity index is 1080. The van der Waals surface area contributed by atoms with Gasteiger partial charge in [0.2, 0.25) is 0 Å². The van der Waals surface area contributed by atoms with Crippen LogP contribution in [0.3, 0.4) is 0 Å². The number of thiophene rings is 2. The molecule has 10 heteroatoms. The molecule has 4 aromatic heterocycles. The maximum absolute atomic E-state index is 4.63. The summed E-state index contributed by atoms with van der Waals surface area (Å²) >= 11 is 3.58. The molecule has 0 spiro atoms. The van der Waals surface area contributed by atoms with Crippen molar-refractivity contribution in [1.82, 2.24) is 20.0 Å². The molecule has 2 fully saturated rings. The minimum Gasteiger partial charge on any atom is -0.870 e. The second-order valence-electron chi connectivity index (χ2n) is 7.89. The van der Waals surface area contributed by atoms with E-state index in [1.54, 1.807) is 22.7 Å². The number of aromatic amines is 1. The second kappa shape index (κ2) is 11.6. The SMILES string of the molecule is Cn1nc(N2CCCCC2)c2sccc21.[HH].[K+].[OH-].c1cc2[nH]nc(N3CCCCC3)c2s1. The van der Waals surface area contributed by atoms with E-state index in [0.29, 0.717) is 0 Å². The van der Waals surface area contributed by atoms with Gasteiger partial charge >= 0.3 is 51.4 Å². The molecule has 6 rings (SSSR count). The van der Waals surface area contributed by atoms with Crippen molar-refractivity contribution in [3.63, 3.8) is 0 Å². The van der Waals surface area contributed by atoms with E-state index in [-0.39, 0.29) is 58.3 Å². The Morgan fingerprint density at radius 2 is 1.42 bits per heavy atom. The number of aryl methyl sites for hydroxylation is 1. The number of nitrogens with one attached hydrogen (secondary N) is 1. The number of nitrogens with zero attached hydrogens (tertiary/aromatic N) is 5. The first kappa shape index (κ1) is 25.2. The fourth-order valence-corrected chi connectivity index (χ4v) is 6.12. The number of anilines is 2. The first-order valence-electron chi connectivity index (χ1n) is 10.6. The first-order chi connectivity index (χ1) is 14.3. The topological polar surface area (TPSA) is 83.0 Å². The maximum Gasteiger partial charge on any atom is 1.00 e. The third kappa shape index (κ3) is 5.38. The molecule has 0 aromatic carbocycles. The van der Waals surface area contributed by atoms with Gasteiger partial charge in [0.15, 0.2) is 11.6 Å². The normalized spacial score (nSPS) is 16.5. The van der Waals surface area contributed by atoms with E-state index >= 15 is 0 Å². The van der Waals surface area contributed by atoms with Gasteiger partial charge in [-0.3, -0.25) is 9.78 Å². The van der Waals surface area contributed by atoms with Crippen LogP contribution in [0.1, 0.15) is 40.0 Å². The van der Waals surface area contributed by atoms with Gasteiger partial charge in [0.05, 0.1) is 20.4 Å². The first-order valence-corrected chi connectivity index (χ1v) is 12.4. The number of hydrogen-bond acceptors (Lipinski definition) is 7. The summed E-state index contributed by atoms with van der Waals surface area (Å²) < 4.78 is 4.65. The van der Waals surface area contributed by atoms with Crippen LogP contribution in [0.25, 0.3) is 20.4 Å². The quantitative estimate of drug-likeness (QED) is 0.440. The summed E-state index contributed by atoms with van der Waals surface area (Å²) in [4.78, 5) is 4.83. The van der Waals surface area contributed by atoms with Crippen LogP contribution in [0, 0.1) is 0 Å². The predicted octanol–water partition coefficient (Wildman–Crippen LogP) is 2.31. The van der Waals surface area contributed by atoms with Crippen LogP contribution in [0.2, 0.25) is 0 Å². The molecule has 4 aromatic rings. The van der Waals surface area contributed by atoms with Gasteiger partial charge < -0.3 is 15.3 Å². The zero-order valence-corrected chi connectivity index (χ0v) is 23.1. The predicted molar refractivity (Wildman–Crippen MR) is 129 cm³/mol. The summed E-state index contributed by atoms with van der Waals surface area (Å²) in [5.74, 6) is 2.36. The molecule has 0 aliphatic carbocycles. The van der Waals surface area contributed by atoms with Gasteiger partial charge in [-0.05, 0) is 61.4 Å². The summed E-state index contributed by atoms with van der Waals surface area (Å²) in [5, 5.41) is 16.4. The van der Waals surface area contributed by atoms with E-state index in [4.69, 9.17) is 0 Å². The number of fused-ring (bicyclic) bond motifs is 2. The van der Waals surface area contributed by atoms with Crippen LogP contribution >= 0.6 is 22.7 Å². The van der Waals surface area contributed by atoms with Crippen molar-refractivity contribution in [2.24, 2.45) is 7.05 Å². The van der Waals surface area contributed by atoms with Crippen LogP contribution in [0.5, 0.6) is 0 Å². The molecule has 0 radical (unpaired) electrons. The summed E-state index contributed by atoms with van der Waals surface area (Å²) in [7, 11) is 2.03. The van der Waals surface area contributed by atoms with Crippen LogP contribution < -0.4 is 61.2 Å². The van der Waals surface area contributed by atoms with E-state index in [1.165, 1.54) is 77.9 Å². The minimum atomic E-state index is 0. The van der Waals surface area contributed by atoms with Crippen LogP contribution in [0.15, 0.2) is 22.9 Å². The largest absolute Gasteiger partial charge is 1.00 e. The van der Waals surface area contributed by atoms with Gasteiger partial charge in [-0.1, -0.05) is 0 Å². The van der Waals surface area contributed by atoms with Crippen molar-refractivity contribution in [3.05, 3.63) is 22.9 Å². The summed E-state index contributed by atoms with van der Waals surface area (Å²) in [6, 6.07) is 4.25. The van der Waals surface area contributed by atoms with Crippen molar-refractivity contribution in [1.29, 1.82) is 0 Å². The Morgan fingerprint density at radius 1 is 0.839 bits per heavy atom. The minimum absolute atomic E-state index is 0. The molecule has 0 amide bonds. The number of piperidine rings is 2. The molecule has 2 aliphatic heterocycles. The van der Waals surface area contributed by atoms with Gasteiger partial charge in [0.25, 0.3) is 0 Å². The molecule has 0 unspecified atom stereocenters. The molecular weight excluding hydrogens is 456 g/mol. The smallest absolute Gasteiger partial charge is 0.870 e. The average Bonchev–Trinajstić information content (AvgIpc) is 3.53. The Morgan fingerprint density at radius 3 is 2.10 bits per heavy atom. The van der Waals surface area contributed by atoms with Crippen LogP contribution in [-0.2, 0) is 7.05 Å². The standard InChI is InChI=1S/C11H15N3S.C10H13N3S.K.H2O.H2/c1-13-9-5-8-15-10(9)11(12-13)14-6-3-2-4-7-14;1-2-5-13(6-3-1)10-9-8(11-12-10)4-7-14-9;;;/h5,8H,2-4,6-7H2,1H3;4,7H,1-3,5-6H2,(H,11,12);;1H2;1H/q;;+1;;/p-1. The second-order valence-corrected chi connectivity index (χ2v) is 9.72. The average molecular weight is 487 g/mol. The maximum atomic E-state index is 4.63. The van der Waals surface area contributed by atoms with Crippen LogP contribution in [-0.4, -0.2) is 51.6 Å². The number of H-pyrrole nitrogens is 1. The molecule has 7 nitrogen and oxygen atoms in total. The van der Waals surface area contributed by atoms with Gasteiger partial charge in [-0.15, -0.1) is 22.7 Å². The van der Waals surface area contributed by atoms with Gasteiger partial charge in [-0.25, -0.2) is 0 Å². The molecule has 31 heavy (non-hydrogen) atoms. The third-order valence-electron chi connectivity index (χ3n) is 5.90. The Kier molecular flexibility index (Phi) is 9.42. The zero-order valence-electron chi connectivity index (χ0n) is 18.4. The van der Waals surface area contributed by atoms with Crippen molar-refractivity contribution in [2.45, 2.75) is 38.5 Å². The molecule has 164 valence electrons. The summed E-state index contributed by atoms with van der Waals surface area (Å²) in [6.45, 7) is 4.67. The van der Waals surface area contributed by atoms with Crippen molar-refractivity contribution < 1.29 is 58.3 Å². The van der Waals surface area contributed by atoms with E-state index in [1.807, 2.05) is 11.7 Å². The van der Waals surface area contributed by atoms with Crippen molar-refractivity contribution >= 4 is 54.7 Å². The number of aromatic nitrogens is 4. The van der Waals surface area contributed by atoms with Crippen molar-refractivity contribution in [3.8, 4) is 0 Å². The summed E-state index contributed by atoms with van der Waals surface area (Å²) in [5.41, 5.74) is 2.44. The molecule has 2 aliphatic rings. The molecular formula is C21H31KN6OS2. The number of hydrogen-bond donors (Lipinski definition) is 1. The molecule has 6 heterocycles. The van der Waals surface area contributed by atoms with Crippen molar-refractivity contribution in [2.75, 3.05) is 36.0 Å². The van der Waals surface area contributed by atoms with E-state index < -0.39 is 0 Å². The van der Waals surface area contributed by atoms with Gasteiger partial charge in [-0.2, -0.15) is 10.2 Å². The Balaban J connectivity index is 0.000000208. The molecule has 0 bridgehead atoms. The fourth-order valence-electron chi connectivity index (χ4n) is 4.33. The summed E-state index contributed by atoms with van der Waals surface area (Å²) in [6.07, 6.45) is 7.97. The van der Waals surface area contributed by atoms with E-state index in [0.717, 1.165) is 18.9 Å². The van der Waals surface area contributed by atoms with E-state index in [9.17, 15) is 0 Å². The number of rotatable bonds is 2.